The van der Waals surface area contributed by atoms with Gasteiger partial charge in [-0.3, -0.25) is 28.8 Å². The molecular weight excluding hydrogens is 876 g/mol. The number of carbonyl (C=O) groups is 8. The Balaban J connectivity index is 0.000000274. The molecule has 344 valence electrons. The maximum absolute atomic E-state index is 13.0. The molecular formula is C48H49N6NaO12. The Morgan fingerprint density at radius 2 is 0.955 bits per heavy atom. The summed E-state index contributed by atoms with van der Waals surface area (Å²) in [6, 6.07) is 26.7. The molecule has 5 N–H and O–H groups in total. The van der Waals surface area contributed by atoms with Crippen molar-refractivity contribution < 1.29 is 88.3 Å². The molecule has 4 aromatic carbocycles. The molecule has 0 aliphatic carbocycles. The molecule has 0 bridgehead atoms. The third-order valence-corrected chi connectivity index (χ3v) is 11.3. The molecule has 8 rings (SSSR count). The van der Waals surface area contributed by atoms with Gasteiger partial charge in [0.25, 0.3) is 35.2 Å². The van der Waals surface area contributed by atoms with Crippen LogP contribution in [0, 0.1) is 0 Å². The number of carboxylic acids is 1. The maximum Gasteiger partial charge on any atom is 1.00 e. The number of para-hydroxylation sites is 2. The number of aromatic amines is 2. The number of esters is 1. The van der Waals surface area contributed by atoms with E-state index in [9.17, 15) is 43.5 Å². The first kappa shape index (κ1) is 52.7. The van der Waals surface area contributed by atoms with Crippen LogP contribution in [0.25, 0.3) is 21.8 Å². The number of methoxy groups -OCH3 is 1. The number of rotatable bonds is 8. The van der Waals surface area contributed by atoms with Crippen LogP contribution in [0.2, 0.25) is 0 Å². The van der Waals surface area contributed by atoms with Crippen molar-refractivity contribution >= 4 is 68.9 Å². The van der Waals surface area contributed by atoms with Gasteiger partial charge in [-0.15, -0.1) is 0 Å². The molecule has 2 aliphatic heterocycles. The average Bonchev–Trinajstić information content (AvgIpc) is 3.99. The van der Waals surface area contributed by atoms with Gasteiger partial charge in [0, 0.05) is 85.6 Å². The van der Waals surface area contributed by atoms with Gasteiger partial charge in [-0.05, 0) is 50.2 Å². The van der Waals surface area contributed by atoms with Crippen LogP contribution in [-0.2, 0) is 14.3 Å². The molecule has 19 heteroatoms. The molecule has 4 amide bonds. The van der Waals surface area contributed by atoms with Crippen LogP contribution in [0.1, 0.15) is 76.0 Å². The number of Topliss-reactive ketones (excluding diaryl/α,β-unsaturated/α-hetero) is 2. The number of carboxylic acid groups (broad SMARTS) is 1. The summed E-state index contributed by atoms with van der Waals surface area (Å²) in [6.07, 6.45) is 2.81. The molecule has 0 saturated carbocycles. The molecule has 18 nitrogen and oxygen atoms in total. The maximum atomic E-state index is 13.0. The van der Waals surface area contributed by atoms with Crippen LogP contribution in [0.4, 0.5) is 0 Å². The Morgan fingerprint density at radius 3 is 1.33 bits per heavy atom. The van der Waals surface area contributed by atoms with Crippen molar-refractivity contribution in [2.75, 3.05) is 53.5 Å². The fraction of sp³-hybridized carbons (Fsp3) is 0.250. The topological polar surface area (TPSA) is 265 Å². The number of ketones is 2. The van der Waals surface area contributed by atoms with Crippen molar-refractivity contribution in [1.29, 1.82) is 0 Å². The first-order chi connectivity index (χ1) is 31.3. The van der Waals surface area contributed by atoms with Gasteiger partial charge in [-0.2, -0.15) is 7.11 Å². The second-order valence-corrected chi connectivity index (χ2v) is 15.2. The minimum Gasteiger partial charge on any atom is -0.857 e. The van der Waals surface area contributed by atoms with Gasteiger partial charge >= 0.3 is 41.5 Å². The number of piperazine rings is 2. The number of amides is 4. The third-order valence-electron chi connectivity index (χ3n) is 11.3. The number of hydrogen-bond acceptors (Lipinski definition) is 10. The SMILES string of the molecule is COC(=O)c1cccc2c(C(=O)C(=O)N3CCN(C(=O)c4ccccc4)C[C@H]3C)c[nH]c12.C[C@@H]1CN(C(=O)c2ccccc2)CCN1C(=O)C(=O)c1c[nH]c2c(C(=O)O)cccc12.C[O-].O.[Na+]. The van der Waals surface area contributed by atoms with Crippen LogP contribution in [-0.4, -0.2) is 153 Å². The summed E-state index contributed by atoms with van der Waals surface area (Å²) in [4.78, 5) is 113. The number of H-pyrrole nitrogens is 2. The predicted octanol–water partition coefficient (Wildman–Crippen LogP) is 0.0880. The number of carbonyl (C=O) groups excluding carboxylic acids is 7. The molecule has 67 heavy (non-hydrogen) atoms. The van der Waals surface area contributed by atoms with Gasteiger partial charge in [-0.1, -0.05) is 60.7 Å². The summed E-state index contributed by atoms with van der Waals surface area (Å²) in [5.41, 5.74) is 2.58. The summed E-state index contributed by atoms with van der Waals surface area (Å²) in [5.74, 6) is -4.52. The predicted molar refractivity (Wildman–Crippen MR) is 240 cm³/mol. The van der Waals surface area contributed by atoms with E-state index < -0.39 is 35.3 Å². The zero-order valence-electron chi connectivity index (χ0n) is 37.6. The van der Waals surface area contributed by atoms with Gasteiger partial charge in [0.1, 0.15) is 0 Å². The average molecular weight is 925 g/mol. The summed E-state index contributed by atoms with van der Waals surface area (Å²) < 4.78 is 4.78. The van der Waals surface area contributed by atoms with Crippen molar-refractivity contribution in [3.8, 4) is 0 Å². The Bertz CT molecular complexity index is 2780. The number of aromatic nitrogens is 2. The van der Waals surface area contributed by atoms with Crippen LogP contribution in [0.3, 0.4) is 0 Å². The van der Waals surface area contributed by atoms with E-state index in [1.807, 2.05) is 31.2 Å². The molecule has 0 radical (unpaired) electrons. The molecule has 0 spiro atoms. The first-order valence-electron chi connectivity index (χ1n) is 20.6. The van der Waals surface area contributed by atoms with Gasteiger partial charge in [0.2, 0.25) is 0 Å². The molecule has 2 saturated heterocycles. The monoisotopic (exact) mass is 924 g/mol. The molecule has 0 unspecified atom stereocenters. The Hall–Kier alpha value is -6.96. The van der Waals surface area contributed by atoms with E-state index in [1.165, 1.54) is 41.4 Å². The molecule has 2 aromatic heterocycles. The number of hydrogen-bond donors (Lipinski definition) is 3. The van der Waals surface area contributed by atoms with Gasteiger partial charge < -0.3 is 50.0 Å². The molecule has 6 aromatic rings. The van der Waals surface area contributed by atoms with Gasteiger partial charge in [0.05, 0.1) is 40.4 Å². The molecule has 4 heterocycles. The Kier molecular flexibility index (Phi) is 18.5. The number of benzene rings is 4. The van der Waals surface area contributed by atoms with E-state index in [4.69, 9.17) is 9.84 Å². The fourth-order valence-corrected chi connectivity index (χ4v) is 8.05. The standard InChI is InChI=1S/C24H23N3O5.C23H21N3O5.CH3O.Na.H2O/c1-15-14-26(22(29)16-7-4-3-5-8-16)11-12-27(15)23(30)21(28)19-13-25-20-17(19)9-6-10-18(20)24(31)32-2;1-14-13-25(21(28)15-6-3-2-4-7-15)10-11-26(14)22(29)20(27)18-12-24-19-16(18)8-5-9-17(19)23(30)31;1-2;;/h3-10,13,15,25H,11-12,14H2,1-2H3;2-9,12,14,24H,10-11,13H2,1H3,(H,30,31);1H3;;1H2/q;;-1;+1;/t15-;14-;;;/m11.../s1. The van der Waals surface area contributed by atoms with Gasteiger partial charge in [0.15, 0.2) is 0 Å². The van der Waals surface area contributed by atoms with E-state index in [0.717, 1.165) is 7.11 Å². The Labute approximate surface area is 407 Å². The van der Waals surface area contributed by atoms with Crippen LogP contribution in [0.5, 0.6) is 0 Å². The van der Waals surface area contributed by atoms with E-state index in [2.05, 4.69) is 9.97 Å². The van der Waals surface area contributed by atoms with Crippen molar-refractivity contribution in [2.24, 2.45) is 0 Å². The van der Waals surface area contributed by atoms with Crippen LogP contribution >= 0.6 is 0 Å². The molecule has 2 fully saturated rings. The second-order valence-electron chi connectivity index (χ2n) is 15.2. The van der Waals surface area contributed by atoms with Crippen LogP contribution in [0.15, 0.2) is 109 Å². The van der Waals surface area contributed by atoms with Gasteiger partial charge in [-0.25, -0.2) is 9.59 Å². The summed E-state index contributed by atoms with van der Waals surface area (Å²) in [6.45, 7) is 5.46. The third kappa shape index (κ3) is 11.2. The number of fused-ring (bicyclic) bond motifs is 2. The summed E-state index contributed by atoms with van der Waals surface area (Å²) in [5, 5.41) is 18.4. The Morgan fingerprint density at radius 1 is 0.567 bits per heavy atom. The smallest absolute Gasteiger partial charge is 0.857 e. The van der Waals surface area contributed by atoms with Crippen molar-refractivity contribution in [3.05, 3.63) is 143 Å². The summed E-state index contributed by atoms with van der Waals surface area (Å²) >= 11 is 0. The van der Waals surface area contributed by atoms with E-state index >= 15 is 0 Å². The largest absolute Gasteiger partial charge is 1.00 e. The normalized spacial score (nSPS) is 15.4. The summed E-state index contributed by atoms with van der Waals surface area (Å²) in [7, 11) is 2.03. The van der Waals surface area contributed by atoms with Crippen molar-refractivity contribution in [1.82, 2.24) is 29.6 Å². The first-order valence-corrected chi connectivity index (χ1v) is 20.6. The number of nitrogens with zero attached hydrogens (tertiary/aromatic N) is 4. The number of nitrogens with one attached hydrogen (secondary N) is 2. The van der Waals surface area contributed by atoms with Crippen LogP contribution < -0.4 is 34.7 Å². The minimum atomic E-state index is -1.12. The molecule has 2 atom stereocenters. The van der Waals surface area contributed by atoms with E-state index in [-0.39, 0.29) is 94.3 Å². The zero-order chi connectivity index (χ0) is 46.9. The van der Waals surface area contributed by atoms with Crippen molar-refractivity contribution in [2.45, 2.75) is 25.9 Å². The number of aromatic carboxylic acids is 1. The quantitative estimate of drug-likeness (QED) is 0.0797. The minimum absolute atomic E-state index is 0. The second kappa shape index (κ2) is 23.5. The van der Waals surface area contributed by atoms with Crippen molar-refractivity contribution in [3.63, 3.8) is 0 Å². The van der Waals surface area contributed by atoms with E-state index in [1.54, 1.807) is 77.4 Å². The fourth-order valence-electron chi connectivity index (χ4n) is 8.05. The molecule has 2 aliphatic rings. The zero-order valence-corrected chi connectivity index (χ0v) is 39.6. The number of ether oxygens (including phenoxy) is 1. The van der Waals surface area contributed by atoms with E-state index in [0.29, 0.717) is 59.1 Å².